The molecule has 0 saturated carbocycles. The van der Waals surface area contributed by atoms with Crippen LogP contribution in [-0.2, 0) is 11.2 Å². The topological polar surface area (TPSA) is 46.3 Å². The minimum Gasteiger partial charge on any atom is -0.343 e. The monoisotopic (exact) mass is 288 g/mol. The summed E-state index contributed by atoms with van der Waals surface area (Å²) in [5.41, 5.74) is 7.02. The number of benzene rings is 1. The number of amides is 1. The first-order valence-electron chi connectivity index (χ1n) is 8.20. The molecular formula is C18H28N2O. The molecule has 3 nitrogen and oxygen atoms in total. The summed E-state index contributed by atoms with van der Waals surface area (Å²) >= 11 is 0. The van der Waals surface area contributed by atoms with E-state index in [1.54, 1.807) is 0 Å². The SMILES string of the molecule is CC(CN)CCC(=O)N1CCC(Cc2ccccc2)CC1. The van der Waals surface area contributed by atoms with Crippen LogP contribution in [0.2, 0.25) is 0 Å². The molecule has 1 amide bonds. The zero-order valence-corrected chi connectivity index (χ0v) is 13.1. The molecule has 2 rings (SSSR count). The third-order valence-electron chi connectivity index (χ3n) is 4.59. The van der Waals surface area contributed by atoms with Crippen LogP contribution in [0.15, 0.2) is 30.3 Å². The number of nitrogens with zero attached hydrogens (tertiary/aromatic N) is 1. The quantitative estimate of drug-likeness (QED) is 0.875. The lowest BCUT2D eigenvalue weighted by molar-refractivity contribution is -0.132. The van der Waals surface area contributed by atoms with Gasteiger partial charge in [-0.2, -0.15) is 0 Å². The highest BCUT2D eigenvalue weighted by Crippen LogP contribution is 2.22. The number of nitrogens with two attached hydrogens (primary N) is 1. The molecule has 0 aliphatic carbocycles. The number of rotatable bonds is 6. The minimum absolute atomic E-state index is 0.313. The van der Waals surface area contributed by atoms with Crippen molar-refractivity contribution in [2.24, 2.45) is 17.6 Å². The van der Waals surface area contributed by atoms with Crippen LogP contribution in [0.4, 0.5) is 0 Å². The first-order valence-corrected chi connectivity index (χ1v) is 8.20. The molecule has 1 fully saturated rings. The number of hydrogen-bond donors (Lipinski definition) is 1. The fraction of sp³-hybridized carbons (Fsp3) is 0.611. The second-order valence-corrected chi connectivity index (χ2v) is 6.39. The minimum atomic E-state index is 0.313. The van der Waals surface area contributed by atoms with E-state index in [0.29, 0.717) is 24.8 Å². The van der Waals surface area contributed by atoms with Gasteiger partial charge in [0.05, 0.1) is 0 Å². The molecule has 1 aliphatic rings. The molecule has 0 radical (unpaired) electrons. The molecular weight excluding hydrogens is 260 g/mol. The Bertz CT molecular complexity index is 424. The first kappa shape index (κ1) is 16.0. The molecule has 1 heterocycles. The smallest absolute Gasteiger partial charge is 0.222 e. The third-order valence-corrected chi connectivity index (χ3v) is 4.59. The van der Waals surface area contributed by atoms with E-state index in [4.69, 9.17) is 5.73 Å². The van der Waals surface area contributed by atoms with Crippen molar-refractivity contribution in [3.05, 3.63) is 35.9 Å². The predicted octanol–water partition coefficient (Wildman–Crippen LogP) is 2.84. The number of likely N-dealkylation sites (tertiary alicyclic amines) is 1. The highest BCUT2D eigenvalue weighted by Gasteiger charge is 2.22. The molecule has 1 aromatic carbocycles. The van der Waals surface area contributed by atoms with Crippen molar-refractivity contribution in [3.8, 4) is 0 Å². The Balaban J connectivity index is 1.71. The molecule has 116 valence electrons. The molecule has 0 spiro atoms. The van der Waals surface area contributed by atoms with Gasteiger partial charge in [0, 0.05) is 19.5 Å². The normalized spacial score (nSPS) is 17.7. The van der Waals surface area contributed by atoms with Crippen LogP contribution < -0.4 is 5.73 Å². The van der Waals surface area contributed by atoms with Crippen molar-refractivity contribution in [1.82, 2.24) is 4.90 Å². The fourth-order valence-corrected chi connectivity index (χ4v) is 2.98. The first-order chi connectivity index (χ1) is 10.2. The van der Waals surface area contributed by atoms with Crippen molar-refractivity contribution in [2.75, 3.05) is 19.6 Å². The summed E-state index contributed by atoms with van der Waals surface area (Å²) < 4.78 is 0. The van der Waals surface area contributed by atoms with Gasteiger partial charge in [-0.25, -0.2) is 0 Å². The van der Waals surface area contributed by atoms with E-state index in [0.717, 1.165) is 44.7 Å². The molecule has 0 aromatic heterocycles. The molecule has 3 heteroatoms. The molecule has 1 aromatic rings. The summed E-state index contributed by atoms with van der Waals surface area (Å²) in [5, 5.41) is 0. The highest BCUT2D eigenvalue weighted by atomic mass is 16.2. The Morgan fingerprint density at radius 3 is 2.57 bits per heavy atom. The zero-order valence-electron chi connectivity index (χ0n) is 13.1. The molecule has 21 heavy (non-hydrogen) atoms. The van der Waals surface area contributed by atoms with Crippen LogP contribution in [0.3, 0.4) is 0 Å². The Hall–Kier alpha value is -1.35. The van der Waals surface area contributed by atoms with Crippen molar-refractivity contribution >= 4 is 5.91 Å². The second-order valence-electron chi connectivity index (χ2n) is 6.39. The lowest BCUT2D eigenvalue weighted by atomic mass is 9.90. The van der Waals surface area contributed by atoms with E-state index >= 15 is 0 Å². The summed E-state index contributed by atoms with van der Waals surface area (Å²) in [6.07, 6.45) is 4.98. The second kappa shape index (κ2) is 8.18. The number of carbonyl (C=O) groups excluding carboxylic acids is 1. The van der Waals surface area contributed by atoms with Crippen LogP contribution in [-0.4, -0.2) is 30.4 Å². The molecule has 1 saturated heterocycles. The summed E-state index contributed by atoms with van der Waals surface area (Å²) in [7, 11) is 0. The molecule has 0 bridgehead atoms. The van der Waals surface area contributed by atoms with Gasteiger partial charge in [-0.3, -0.25) is 4.79 Å². The van der Waals surface area contributed by atoms with Gasteiger partial charge in [-0.1, -0.05) is 37.3 Å². The lowest BCUT2D eigenvalue weighted by Gasteiger charge is -2.32. The Labute approximate surface area is 128 Å². The highest BCUT2D eigenvalue weighted by molar-refractivity contribution is 5.76. The van der Waals surface area contributed by atoms with E-state index in [-0.39, 0.29) is 0 Å². The van der Waals surface area contributed by atoms with Crippen molar-refractivity contribution in [3.63, 3.8) is 0 Å². The Kier molecular flexibility index (Phi) is 6.24. The van der Waals surface area contributed by atoms with E-state index in [2.05, 4.69) is 37.3 Å². The maximum Gasteiger partial charge on any atom is 0.222 e. The largest absolute Gasteiger partial charge is 0.343 e. The third kappa shape index (κ3) is 5.16. The average molecular weight is 288 g/mol. The van der Waals surface area contributed by atoms with Crippen LogP contribution in [0, 0.1) is 11.8 Å². The van der Waals surface area contributed by atoms with Crippen molar-refractivity contribution < 1.29 is 4.79 Å². The van der Waals surface area contributed by atoms with Crippen LogP contribution in [0.1, 0.15) is 38.2 Å². The Morgan fingerprint density at radius 1 is 1.29 bits per heavy atom. The summed E-state index contributed by atoms with van der Waals surface area (Å²) in [6, 6.07) is 10.7. The summed E-state index contributed by atoms with van der Waals surface area (Å²) in [5.74, 6) is 1.48. The van der Waals surface area contributed by atoms with Crippen LogP contribution in [0.5, 0.6) is 0 Å². The molecule has 1 aliphatic heterocycles. The van der Waals surface area contributed by atoms with E-state index in [1.807, 2.05) is 4.90 Å². The predicted molar refractivity (Wildman–Crippen MR) is 86.9 cm³/mol. The van der Waals surface area contributed by atoms with Gasteiger partial charge in [0.2, 0.25) is 5.91 Å². The molecule has 2 N–H and O–H groups in total. The van der Waals surface area contributed by atoms with E-state index < -0.39 is 0 Å². The van der Waals surface area contributed by atoms with Gasteiger partial charge < -0.3 is 10.6 Å². The van der Waals surface area contributed by atoms with Gasteiger partial charge in [-0.15, -0.1) is 0 Å². The van der Waals surface area contributed by atoms with Crippen molar-refractivity contribution in [1.29, 1.82) is 0 Å². The van der Waals surface area contributed by atoms with Gasteiger partial charge >= 0.3 is 0 Å². The molecule has 1 unspecified atom stereocenters. The van der Waals surface area contributed by atoms with Crippen LogP contribution in [0.25, 0.3) is 0 Å². The van der Waals surface area contributed by atoms with Crippen LogP contribution >= 0.6 is 0 Å². The maximum absolute atomic E-state index is 12.2. The Morgan fingerprint density at radius 2 is 1.95 bits per heavy atom. The number of piperidine rings is 1. The van der Waals surface area contributed by atoms with Gasteiger partial charge in [0.15, 0.2) is 0 Å². The maximum atomic E-state index is 12.2. The zero-order chi connectivity index (χ0) is 15.1. The van der Waals surface area contributed by atoms with E-state index in [9.17, 15) is 4.79 Å². The van der Waals surface area contributed by atoms with E-state index in [1.165, 1.54) is 5.56 Å². The summed E-state index contributed by atoms with van der Waals surface area (Å²) in [4.78, 5) is 14.2. The standard InChI is InChI=1S/C18H28N2O/c1-15(14-19)7-8-18(21)20-11-9-17(10-12-20)13-16-5-3-2-4-6-16/h2-6,15,17H,7-14,19H2,1H3. The summed E-state index contributed by atoms with van der Waals surface area (Å²) in [6.45, 7) is 4.63. The lowest BCUT2D eigenvalue weighted by Crippen LogP contribution is -2.39. The van der Waals surface area contributed by atoms with Gasteiger partial charge in [-0.05, 0) is 49.6 Å². The molecule has 1 atom stereocenters. The van der Waals surface area contributed by atoms with Gasteiger partial charge in [0.1, 0.15) is 0 Å². The number of hydrogen-bond acceptors (Lipinski definition) is 2. The number of carbonyl (C=O) groups is 1. The van der Waals surface area contributed by atoms with Gasteiger partial charge in [0.25, 0.3) is 0 Å². The van der Waals surface area contributed by atoms with Crippen molar-refractivity contribution in [2.45, 2.75) is 39.0 Å². The average Bonchev–Trinajstić information content (AvgIpc) is 2.54. The fourth-order valence-electron chi connectivity index (χ4n) is 2.98.